The number of rotatable bonds is 19. The van der Waals surface area contributed by atoms with Crippen molar-refractivity contribution in [2.24, 2.45) is 0 Å². The summed E-state index contributed by atoms with van der Waals surface area (Å²) in [7, 11) is -4.26. The summed E-state index contributed by atoms with van der Waals surface area (Å²) in [6.07, 6.45) is 16.5. The van der Waals surface area contributed by atoms with Gasteiger partial charge in [0, 0.05) is 5.25 Å². The number of hydrogen-bond donors (Lipinski definition) is 1. The Morgan fingerprint density at radius 1 is 0.667 bits per heavy atom. The monoisotopic (exact) mass is 414 g/mol. The Balaban J connectivity index is 0. The number of aliphatic hydroxyl groups is 1. The van der Waals surface area contributed by atoms with E-state index in [0.717, 1.165) is 38.5 Å². The van der Waals surface area contributed by atoms with Gasteiger partial charge in [-0.1, -0.05) is 97.3 Å². The molecule has 0 amide bonds. The van der Waals surface area contributed by atoms with Crippen LogP contribution in [0.2, 0.25) is 0 Å². The summed E-state index contributed by atoms with van der Waals surface area (Å²) in [5.41, 5.74) is 0. The average Bonchev–Trinajstić information content (AvgIpc) is 2.58. The molecule has 0 aliphatic heterocycles. The second kappa shape index (κ2) is 20.2. The minimum absolute atomic E-state index is 0. The molecule has 1 N–H and O–H groups in total. The van der Waals surface area contributed by atoms with Gasteiger partial charge in [-0.25, -0.2) is 8.42 Å². The summed E-state index contributed by atoms with van der Waals surface area (Å²) in [5.74, 6) is 0. The quantitative estimate of drug-likeness (QED) is 0.200. The van der Waals surface area contributed by atoms with Gasteiger partial charge < -0.3 is 9.66 Å². The first-order valence-corrected chi connectivity index (χ1v) is 12.5. The van der Waals surface area contributed by atoms with Gasteiger partial charge in [0.25, 0.3) is 0 Å². The molecule has 6 heteroatoms. The van der Waals surface area contributed by atoms with Crippen molar-refractivity contribution in [1.29, 1.82) is 0 Å². The predicted molar refractivity (Wildman–Crippen MR) is 109 cm³/mol. The topological polar surface area (TPSA) is 77.4 Å². The molecule has 0 bridgehead atoms. The summed E-state index contributed by atoms with van der Waals surface area (Å²) in [5, 5.41) is 9.12. The molecular weight excluding hydrogens is 371 g/mol. The third-order valence-corrected chi connectivity index (χ3v) is 6.54. The van der Waals surface area contributed by atoms with E-state index in [4.69, 9.17) is 0 Å². The Labute approximate surface area is 191 Å². The fourth-order valence-electron chi connectivity index (χ4n) is 3.45. The van der Waals surface area contributed by atoms with Gasteiger partial charge in [0.2, 0.25) is 0 Å². The standard InChI is InChI=1S/C21H44O4S.Na/c1-3-5-7-8-9-10-11-12-13-15-17-21(26(23,24)25)19-18-20(22)16-14-6-4-2;/h20-22H,3-19H2,1-2H3,(H,23,24,25);/q;+1/p-1. The van der Waals surface area contributed by atoms with E-state index in [-0.39, 0.29) is 29.6 Å². The van der Waals surface area contributed by atoms with Crippen LogP contribution in [0.1, 0.15) is 123 Å². The van der Waals surface area contributed by atoms with E-state index in [9.17, 15) is 18.1 Å². The first-order chi connectivity index (χ1) is 12.4. The second-order valence-electron chi connectivity index (χ2n) is 7.81. The zero-order chi connectivity index (χ0) is 19.7. The molecule has 0 spiro atoms. The molecule has 2 atom stereocenters. The molecule has 0 aliphatic rings. The average molecular weight is 415 g/mol. The second-order valence-corrected chi connectivity index (χ2v) is 9.46. The molecule has 158 valence electrons. The van der Waals surface area contributed by atoms with Gasteiger partial charge in [-0.15, -0.1) is 0 Å². The molecule has 0 radical (unpaired) electrons. The van der Waals surface area contributed by atoms with Crippen LogP contribution in [0.15, 0.2) is 0 Å². The fraction of sp³-hybridized carbons (Fsp3) is 1.00. The van der Waals surface area contributed by atoms with Crippen LogP contribution in [0.3, 0.4) is 0 Å². The van der Waals surface area contributed by atoms with Gasteiger partial charge in [-0.3, -0.25) is 0 Å². The summed E-state index contributed by atoms with van der Waals surface area (Å²) in [4.78, 5) is 0. The molecule has 0 aromatic rings. The third-order valence-electron chi connectivity index (χ3n) is 5.25. The first-order valence-electron chi connectivity index (χ1n) is 11.0. The SMILES string of the molecule is CCCCCCCCCCCCC(CCC(O)CCCCC)S(=O)(=O)[O-].[Na+]. The maximum Gasteiger partial charge on any atom is 1.00 e. The van der Waals surface area contributed by atoms with Crippen LogP contribution >= 0.6 is 0 Å². The van der Waals surface area contributed by atoms with Crippen molar-refractivity contribution < 1.29 is 47.6 Å². The summed E-state index contributed by atoms with van der Waals surface area (Å²) < 4.78 is 34.4. The van der Waals surface area contributed by atoms with Crippen LogP contribution in [0, 0.1) is 0 Å². The van der Waals surface area contributed by atoms with Gasteiger partial charge in [0.15, 0.2) is 0 Å². The predicted octanol–water partition coefficient (Wildman–Crippen LogP) is 2.94. The minimum Gasteiger partial charge on any atom is -0.748 e. The van der Waals surface area contributed by atoms with Gasteiger partial charge in [0.05, 0.1) is 16.2 Å². The van der Waals surface area contributed by atoms with Crippen molar-refractivity contribution >= 4 is 10.1 Å². The van der Waals surface area contributed by atoms with E-state index in [0.29, 0.717) is 25.7 Å². The van der Waals surface area contributed by atoms with Gasteiger partial charge in [-0.05, 0) is 25.7 Å². The van der Waals surface area contributed by atoms with Crippen LogP contribution in [-0.4, -0.2) is 29.4 Å². The van der Waals surface area contributed by atoms with E-state index >= 15 is 0 Å². The van der Waals surface area contributed by atoms with Crippen LogP contribution in [0.4, 0.5) is 0 Å². The Hall–Kier alpha value is 0.870. The minimum atomic E-state index is -4.26. The molecule has 0 aliphatic carbocycles. The molecule has 0 aromatic heterocycles. The Bertz CT molecular complexity index is 401. The molecule has 0 heterocycles. The van der Waals surface area contributed by atoms with Crippen molar-refractivity contribution in [2.75, 3.05) is 0 Å². The van der Waals surface area contributed by atoms with E-state index in [1.54, 1.807) is 0 Å². The van der Waals surface area contributed by atoms with Crippen molar-refractivity contribution in [2.45, 2.75) is 134 Å². The fourth-order valence-corrected chi connectivity index (χ4v) is 4.33. The Morgan fingerprint density at radius 2 is 1.07 bits per heavy atom. The number of hydrogen-bond acceptors (Lipinski definition) is 4. The maximum atomic E-state index is 11.5. The molecular formula is C21H43NaO4S. The molecule has 0 rings (SSSR count). The van der Waals surface area contributed by atoms with Gasteiger partial charge >= 0.3 is 29.6 Å². The normalized spacial score (nSPS) is 13.9. The maximum absolute atomic E-state index is 11.5. The summed E-state index contributed by atoms with van der Waals surface area (Å²) >= 11 is 0. The van der Waals surface area contributed by atoms with Crippen LogP contribution in [0.25, 0.3) is 0 Å². The van der Waals surface area contributed by atoms with Crippen LogP contribution in [-0.2, 0) is 10.1 Å². The molecule has 0 aromatic carbocycles. The van der Waals surface area contributed by atoms with E-state index in [1.165, 1.54) is 44.9 Å². The zero-order valence-electron chi connectivity index (χ0n) is 18.3. The molecule has 2 unspecified atom stereocenters. The van der Waals surface area contributed by atoms with E-state index in [1.807, 2.05) is 0 Å². The molecule has 4 nitrogen and oxygen atoms in total. The smallest absolute Gasteiger partial charge is 0.748 e. The van der Waals surface area contributed by atoms with Crippen molar-refractivity contribution in [3.8, 4) is 0 Å². The summed E-state index contributed by atoms with van der Waals surface area (Å²) in [6, 6.07) is 0. The zero-order valence-corrected chi connectivity index (χ0v) is 21.1. The van der Waals surface area contributed by atoms with Gasteiger partial charge in [-0.2, -0.15) is 0 Å². The largest absolute Gasteiger partial charge is 1.00 e. The number of aliphatic hydroxyl groups excluding tert-OH is 1. The summed E-state index contributed by atoms with van der Waals surface area (Å²) in [6.45, 7) is 4.33. The first kappa shape index (κ1) is 30.1. The molecule has 0 saturated carbocycles. The van der Waals surface area contributed by atoms with Crippen molar-refractivity contribution in [3.05, 3.63) is 0 Å². The van der Waals surface area contributed by atoms with Gasteiger partial charge in [0.1, 0.15) is 0 Å². The Kier molecular flexibility index (Phi) is 22.4. The van der Waals surface area contributed by atoms with Crippen LogP contribution < -0.4 is 29.6 Å². The number of unbranched alkanes of at least 4 members (excludes halogenated alkanes) is 11. The molecule has 0 fully saturated rings. The molecule has 0 saturated heterocycles. The van der Waals surface area contributed by atoms with Crippen LogP contribution in [0.5, 0.6) is 0 Å². The molecule has 27 heavy (non-hydrogen) atoms. The Morgan fingerprint density at radius 3 is 1.56 bits per heavy atom. The van der Waals surface area contributed by atoms with Crippen molar-refractivity contribution in [1.82, 2.24) is 0 Å². The van der Waals surface area contributed by atoms with Crippen molar-refractivity contribution in [3.63, 3.8) is 0 Å². The third kappa shape index (κ3) is 19.9. The van der Waals surface area contributed by atoms with E-state index < -0.39 is 21.5 Å². The van der Waals surface area contributed by atoms with E-state index in [2.05, 4.69) is 13.8 Å².